The number of aromatic nitrogens is 4. The number of rotatable bonds is 4. The van der Waals surface area contributed by atoms with E-state index in [0.717, 1.165) is 62.1 Å². The molecule has 0 aliphatic heterocycles. The Kier molecular flexibility index (Phi) is 4.97. The van der Waals surface area contributed by atoms with Crippen LogP contribution in [-0.4, -0.2) is 29.0 Å². The van der Waals surface area contributed by atoms with E-state index in [1.807, 2.05) is 29.3 Å². The molecule has 0 radical (unpaired) electrons. The van der Waals surface area contributed by atoms with Crippen molar-refractivity contribution >= 4 is 49.4 Å². The standard InChI is InChI=1S/C20H21N5OS3/c1-25-11-22-10-15(25)13-9-14(18-23-7-8-27-18)24-19-16(13)17(21)20(28-19)29(26)12-5-3-2-4-6-12/h7-12H,2-6,21H2,1H3. The lowest BCUT2D eigenvalue weighted by molar-refractivity contribution is 0.505. The molecule has 4 aromatic rings. The van der Waals surface area contributed by atoms with Crippen molar-refractivity contribution in [3.8, 4) is 22.0 Å². The molecule has 1 aliphatic rings. The molecule has 0 amide bonds. The van der Waals surface area contributed by atoms with E-state index in [4.69, 9.17) is 10.7 Å². The topological polar surface area (TPSA) is 86.7 Å². The molecule has 1 unspecified atom stereocenters. The summed E-state index contributed by atoms with van der Waals surface area (Å²) in [4.78, 5) is 14.4. The highest BCUT2D eigenvalue weighted by Crippen LogP contribution is 2.44. The Morgan fingerprint density at radius 2 is 2.10 bits per heavy atom. The van der Waals surface area contributed by atoms with Crippen LogP contribution in [0.2, 0.25) is 0 Å². The van der Waals surface area contributed by atoms with Crippen LogP contribution in [0.25, 0.3) is 32.2 Å². The van der Waals surface area contributed by atoms with Crippen molar-refractivity contribution in [1.82, 2.24) is 19.5 Å². The Morgan fingerprint density at radius 1 is 1.28 bits per heavy atom. The van der Waals surface area contributed by atoms with Crippen LogP contribution in [0.1, 0.15) is 32.1 Å². The number of hydrogen-bond donors (Lipinski definition) is 1. The van der Waals surface area contributed by atoms with Crippen molar-refractivity contribution < 1.29 is 4.21 Å². The van der Waals surface area contributed by atoms with Gasteiger partial charge in [0.05, 0.1) is 34.7 Å². The Hall–Kier alpha value is -2.10. The number of nitrogens with two attached hydrogens (primary N) is 1. The zero-order valence-corrected chi connectivity index (χ0v) is 18.4. The Balaban J connectivity index is 1.72. The summed E-state index contributed by atoms with van der Waals surface area (Å²) >= 11 is 3.02. The smallest absolute Gasteiger partial charge is 0.141 e. The van der Waals surface area contributed by atoms with Crippen molar-refractivity contribution in [2.45, 2.75) is 41.6 Å². The number of nitrogen functional groups attached to an aromatic ring is 1. The fraction of sp³-hybridized carbons (Fsp3) is 0.350. The Labute approximate surface area is 179 Å². The molecule has 4 heterocycles. The minimum Gasteiger partial charge on any atom is -0.396 e. The van der Waals surface area contributed by atoms with Gasteiger partial charge in [0.15, 0.2) is 0 Å². The van der Waals surface area contributed by atoms with Crippen LogP contribution in [0.5, 0.6) is 0 Å². The fourth-order valence-electron chi connectivity index (χ4n) is 3.96. The fourth-order valence-corrected chi connectivity index (χ4v) is 7.77. The summed E-state index contributed by atoms with van der Waals surface area (Å²) in [7, 11) is 0.860. The lowest BCUT2D eigenvalue weighted by Crippen LogP contribution is -2.18. The van der Waals surface area contributed by atoms with Gasteiger partial charge < -0.3 is 10.3 Å². The molecule has 9 heteroatoms. The third kappa shape index (κ3) is 3.31. The molecule has 5 rings (SSSR count). The third-order valence-corrected chi connectivity index (χ3v) is 9.54. The van der Waals surface area contributed by atoms with E-state index in [-0.39, 0.29) is 5.25 Å². The number of imidazole rings is 1. The van der Waals surface area contributed by atoms with Crippen LogP contribution in [0.15, 0.2) is 34.4 Å². The number of thiazole rings is 1. The van der Waals surface area contributed by atoms with Gasteiger partial charge in [0.1, 0.15) is 19.7 Å². The minimum absolute atomic E-state index is 0.192. The number of aryl methyl sites for hydroxylation is 1. The second kappa shape index (κ2) is 7.62. The summed E-state index contributed by atoms with van der Waals surface area (Å²) in [6.07, 6.45) is 10.9. The summed E-state index contributed by atoms with van der Waals surface area (Å²) in [6.45, 7) is 0. The molecule has 1 aliphatic carbocycles. The molecule has 29 heavy (non-hydrogen) atoms. The molecule has 0 bridgehead atoms. The molecule has 4 aromatic heterocycles. The van der Waals surface area contributed by atoms with Gasteiger partial charge in [0.25, 0.3) is 0 Å². The normalized spacial score (nSPS) is 16.4. The molecule has 1 atom stereocenters. The zero-order valence-electron chi connectivity index (χ0n) is 16.0. The first-order valence-electron chi connectivity index (χ1n) is 9.63. The van der Waals surface area contributed by atoms with Gasteiger partial charge in [-0.25, -0.2) is 15.0 Å². The number of thiophene rings is 1. The SMILES string of the molecule is Cn1cncc1-c1cc(-c2nccs2)nc2sc(S(=O)C3CCCCC3)c(N)c12. The predicted octanol–water partition coefficient (Wildman–Crippen LogP) is 4.84. The lowest BCUT2D eigenvalue weighted by atomic mass is 10.0. The van der Waals surface area contributed by atoms with Gasteiger partial charge in [-0.2, -0.15) is 0 Å². The van der Waals surface area contributed by atoms with E-state index in [1.165, 1.54) is 17.8 Å². The van der Waals surface area contributed by atoms with Gasteiger partial charge in [-0.15, -0.1) is 22.7 Å². The molecular formula is C20H21N5OS3. The number of pyridine rings is 1. The molecule has 1 saturated carbocycles. The number of anilines is 1. The first-order chi connectivity index (χ1) is 14.1. The third-order valence-electron chi connectivity index (χ3n) is 5.45. The van der Waals surface area contributed by atoms with Crippen molar-refractivity contribution in [3.05, 3.63) is 30.2 Å². The van der Waals surface area contributed by atoms with Crippen LogP contribution < -0.4 is 5.73 Å². The number of nitrogens with zero attached hydrogens (tertiary/aromatic N) is 4. The van der Waals surface area contributed by atoms with Gasteiger partial charge in [-0.05, 0) is 18.9 Å². The highest BCUT2D eigenvalue weighted by Gasteiger charge is 2.27. The van der Waals surface area contributed by atoms with Crippen molar-refractivity contribution in [2.75, 3.05) is 5.73 Å². The summed E-state index contributed by atoms with van der Waals surface area (Å²) < 4.78 is 16.1. The molecule has 0 spiro atoms. The maximum absolute atomic E-state index is 13.4. The van der Waals surface area contributed by atoms with E-state index >= 15 is 0 Å². The minimum atomic E-state index is -1.10. The van der Waals surface area contributed by atoms with Crippen LogP contribution in [-0.2, 0) is 17.8 Å². The van der Waals surface area contributed by atoms with Crippen molar-refractivity contribution in [1.29, 1.82) is 0 Å². The summed E-state index contributed by atoms with van der Waals surface area (Å²) in [6, 6.07) is 2.02. The zero-order chi connectivity index (χ0) is 20.0. The number of hydrogen-bond acceptors (Lipinski definition) is 7. The summed E-state index contributed by atoms with van der Waals surface area (Å²) in [5.74, 6) is 0. The quantitative estimate of drug-likeness (QED) is 0.487. The van der Waals surface area contributed by atoms with Gasteiger partial charge in [0, 0.05) is 34.8 Å². The van der Waals surface area contributed by atoms with Crippen LogP contribution >= 0.6 is 22.7 Å². The molecular weight excluding hydrogens is 422 g/mol. The largest absolute Gasteiger partial charge is 0.396 e. The highest BCUT2D eigenvalue weighted by atomic mass is 32.2. The summed E-state index contributed by atoms with van der Waals surface area (Å²) in [5, 5.41) is 3.87. The van der Waals surface area contributed by atoms with Crippen LogP contribution in [0, 0.1) is 0 Å². The maximum atomic E-state index is 13.4. The van der Waals surface area contributed by atoms with E-state index in [0.29, 0.717) is 5.69 Å². The van der Waals surface area contributed by atoms with Crippen LogP contribution in [0.4, 0.5) is 5.69 Å². The van der Waals surface area contributed by atoms with Gasteiger partial charge in [-0.1, -0.05) is 19.3 Å². The van der Waals surface area contributed by atoms with Gasteiger partial charge in [-0.3, -0.25) is 4.21 Å². The maximum Gasteiger partial charge on any atom is 0.141 e. The predicted molar refractivity (Wildman–Crippen MR) is 121 cm³/mol. The first-order valence-corrected chi connectivity index (χ1v) is 12.5. The Bertz CT molecular complexity index is 1190. The van der Waals surface area contributed by atoms with Crippen molar-refractivity contribution in [2.24, 2.45) is 7.05 Å². The van der Waals surface area contributed by atoms with Gasteiger partial charge >= 0.3 is 0 Å². The monoisotopic (exact) mass is 443 g/mol. The van der Waals surface area contributed by atoms with E-state index in [2.05, 4.69) is 9.97 Å². The average Bonchev–Trinajstić information content (AvgIpc) is 3.48. The molecule has 6 nitrogen and oxygen atoms in total. The van der Waals surface area contributed by atoms with Crippen molar-refractivity contribution in [3.63, 3.8) is 0 Å². The molecule has 2 N–H and O–H groups in total. The Morgan fingerprint density at radius 3 is 2.79 bits per heavy atom. The molecule has 0 aromatic carbocycles. The van der Waals surface area contributed by atoms with E-state index in [9.17, 15) is 4.21 Å². The molecule has 150 valence electrons. The first kappa shape index (κ1) is 18.9. The molecule has 1 fully saturated rings. The van der Waals surface area contributed by atoms with Crippen LogP contribution in [0.3, 0.4) is 0 Å². The second-order valence-corrected chi connectivity index (χ2v) is 11.1. The average molecular weight is 444 g/mol. The highest BCUT2D eigenvalue weighted by molar-refractivity contribution is 7.88. The summed E-state index contributed by atoms with van der Waals surface area (Å²) in [5.41, 5.74) is 9.93. The second-order valence-electron chi connectivity index (χ2n) is 7.32. The molecule has 0 saturated heterocycles. The lowest BCUT2D eigenvalue weighted by Gasteiger charge is -2.20. The van der Waals surface area contributed by atoms with Gasteiger partial charge in [0.2, 0.25) is 0 Å². The van der Waals surface area contributed by atoms with E-state index < -0.39 is 10.8 Å². The van der Waals surface area contributed by atoms with E-state index in [1.54, 1.807) is 23.9 Å². The number of fused-ring (bicyclic) bond motifs is 1.